The fourth-order valence-electron chi connectivity index (χ4n) is 1.82. The van der Waals surface area contributed by atoms with Crippen molar-refractivity contribution < 1.29 is 4.39 Å². The third-order valence-corrected chi connectivity index (χ3v) is 2.87. The molecular formula is C11H15F. The molecule has 0 aromatic carbocycles. The Morgan fingerprint density at radius 1 is 1.42 bits per heavy atom. The smallest absolute Gasteiger partial charge is 0.122 e. The number of allylic oxidation sites excluding steroid dienone is 4. The second kappa shape index (κ2) is 3.42. The predicted molar refractivity (Wildman–Crippen MR) is 48.7 cm³/mol. The Morgan fingerprint density at radius 3 is 2.75 bits per heavy atom. The zero-order chi connectivity index (χ0) is 8.39. The van der Waals surface area contributed by atoms with Crippen molar-refractivity contribution in [2.75, 3.05) is 0 Å². The van der Waals surface area contributed by atoms with Gasteiger partial charge in [-0.3, -0.25) is 0 Å². The van der Waals surface area contributed by atoms with Gasteiger partial charge in [0.05, 0.1) is 0 Å². The van der Waals surface area contributed by atoms with Crippen LogP contribution in [0.15, 0.2) is 23.8 Å². The van der Waals surface area contributed by atoms with E-state index in [0.717, 1.165) is 5.92 Å². The van der Waals surface area contributed by atoms with Crippen LogP contribution in [0.5, 0.6) is 0 Å². The van der Waals surface area contributed by atoms with Gasteiger partial charge in [-0.2, -0.15) is 0 Å². The van der Waals surface area contributed by atoms with E-state index < -0.39 is 6.17 Å². The maximum absolute atomic E-state index is 12.7. The summed E-state index contributed by atoms with van der Waals surface area (Å²) < 4.78 is 12.7. The van der Waals surface area contributed by atoms with Crippen molar-refractivity contribution in [1.82, 2.24) is 0 Å². The van der Waals surface area contributed by atoms with Crippen LogP contribution in [0.3, 0.4) is 0 Å². The highest BCUT2D eigenvalue weighted by molar-refractivity contribution is 5.24. The quantitative estimate of drug-likeness (QED) is 0.589. The molecule has 66 valence electrons. The van der Waals surface area contributed by atoms with Gasteiger partial charge in [-0.1, -0.05) is 43.1 Å². The van der Waals surface area contributed by atoms with Crippen LogP contribution in [-0.2, 0) is 0 Å². The second-order valence-corrected chi connectivity index (χ2v) is 3.89. The minimum atomic E-state index is -0.727. The summed E-state index contributed by atoms with van der Waals surface area (Å²) in [4.78, 5) is 0. The Balaban J connectivity index is 1.84. The Hall–Kier alpha value is -0.590. The van der Waals surface area contributed by atoms with Gasteiger partial charge in [-0.25, -0.2) is 4.39 Å². The average molecular weight is 166 g/mol. The van der Waals surface area contributed by atoms with Gasteiger partial charge < -0.3 is 0 Å². The molecule has 2 aliphatic rings. The molecule has 1 fully saturated rings. The van der Waals surface area contributed by atoms with Crippen molar-refractivity contribution >= 4 is 0 Å². The van der Waals surface area contributed by atoms with Gasteiger partial charge in [0, 0.05) is 6.42 Å². The minimum absolute atomic E-state index is 0.596. The molecule has 0 aromatic heterocycles. The first kappa shape index (κ1) is 8.03. The van der Waals surface area contributed by atoms with Crippen molar-refractivity contribution in [2.24, 2.45) is 5.92 Å². The molecule has 0 radical (unpaired) electrons. The summed E-state index contributed by atoms with van der Waals surface area (Å²) in [5.41, 5.74) is 1.36. The van der Waals surface area contributed by atoms with Crippen molar-refractivity contribution in [3.8, 4) is 0 Å². The van der Waals surface area contributed by atoms with E-state index in [-0.39, 0.29) is 0 Å². The highest BCUT2D eigenvalue weighted by atomic mass is 19.1. The first-order valence-electron chi connectivity index (χ1n) is 4.86. The molecule has 1 unspecified atom stereocenters. The topological polar surface area (TPSA) is 0 Å². The summed E-state index contributed by atoms with van der Waals surface area (Å²) >= 11 is 0. The summed E-state index contributed by atoms with van der Waals surface area (Å²) in [5.74, 6) is 0.900. The van der Waals surface area contributed by atoms with Crippen molar-refractivity contribution in [1.29, 1.82) is 0 Å². The molecule has 0 aliphatic heterocycles. The van der Waals surface area contributed by atoms with E-state index in [2.05, 4.69) is 6.08 Å². The molecule has 0 spiro atoms. The predicted octanol–water partition coefficient (Wildman–Crippen LogP) is 3.40. The normalized spacial score (nSPS) is 29.8. The molecule has 0 saturated heterocycles. The summed E-state index contributed by atoms with van der Waals surface area (Å²) in [6, 6.07) is 0. The SMILES string of the molecule is FC1C=CC(CC2CCC2)=CC1. The first-order chi connectivity index (χ1) is 5.84. The first-order valence-corrected chi connectivity index (χ1v) is 4.86. The Kier molecular flexibility index (Phi) is 2.29. The fraction of sp³-hybridized carbons (Fsp3) is 0.636. The number of halogens is 1. The maximum atomic E-state index is 12.7. The number of hydrogen-bond donors (Lipinski definition) is 0. The highest BCUT2D eigenvalue weighted by Crippen LogP contribution is 2.33. The van der Waals surface area contributed by atoms with Crippen LogP contribution in [0, 0.1) is 5.92 Å². The molecule has 1 heteroatoms. The van der Waals surface area contributed by atoms with E-state index in [1.54, 1.807) is 6.08 Å². The second-order valence-electron chi connectivity index (χ2n) is 3.89. The zero-order valence-electron chi connectivity index (χ0n) is 7.30. The molecule has 0 heterocycles. The molecule has 1 atom stereocenters. The molecule has 0 N–H and O–H groups in total. The molecule has 0 bridgehead atoms. The molecule has 0 amide bonds. The molecule has 0 aromatic rings. The molecule has 1 saturated carbocycles. The minimum Gasteiger partial charge on any atom is -0.243 e. The number of rotatable bonds is 2. The van der Waals surface area contributed by atoms with Crippen LogP contribution in [0.4, 0.5) is 4.39 Å². The van der Waals surface area contributed by atoms with E-state index in [1.807, 2.05) is 6.08 Å². The lowest BCUT2D eigenvalue weighted by atomic mass is 9.80. The van der Waals surface area contributed by atoms with E-state index in [9.17, 15) is 4.39 Å². The van der Waals surface area contributed by atoms with Gasteiger partial charge >= 0.3 is 0 Å². The van der Waals surface area contributed by atoms with Gasteiger partial charge in [0.1, 0.15) is 6.17 Å². The Bertz CT molecular complexity index is 211. The van der Waals surface area contributed by atoms with E-state index in [4.69, 9.17) is 0 Å². The largest absolute Gasteiger partial charge is 0.243 e. The summed E-state index contributed by atoms with van der Waals surface area (Å²) in [5, 5.41) is 0. The molecule has 12 heavy (non-hydrogen) atoms. The molecule has 0 nitrogen and oxygen atoms in total. The van der Waals surface area contributed by atoms with Crippen molar-refractivity contribution in [3.05, 3.63) is 23.8 Å². The fourth-order valence-corrected chi connectivity index (χ4v) is 1.82. The number of alkyl halides is 1. The van der Waals surface area contributed by atoms with Crippen LogP contribution < -0.4 is 0 Å². The Morgan fingerprint density at radius 2 is 2.25 bits per heavy atom. The van der Waals surface area contributed by atoms with Gasteiger partial charge in [0.2, 0.25) is 0 Å². The van der Waals surface area contributed by atoms with E-state index >= 15 is 0 Å². The van der Waals surface area contributed by atoms with Crippen LogP contribution in [-0.4, -0.2) is 6.17 Å². The van der Waals surface area contributed by atoms with Crippen LogP contribution in [0.25, 0.3) is 0 Å². The molecule has 2 rings (SSSR count). The standard InChI is InChI=1S/C11H15F/c12-11-6-4-10(5-7-11)8-9-2-1-3-9/h4-6,9,11H,1-3,7-8H2. The van der Waals surface area contributed by atoms with Gasteiger partial charge in [-0.15, -0.1) is 0 Å². The summed E-state index contributed by atoms with van der Waals surface area (Å²) in [6.07, 6.45) is 10.9. The summed E-state index contributed by atoms with van der Waals surface area (Å²) in [6.45, 7) is 0. The highest BCUT2D eigenvalue weighted by Gasteiger charge is 2.18. The third kappa shape index (κ3) is 1.77. The lowest BCUT2D eigenvalue weighted by Gasteiger charge is -2.26. The zero-order valence-corrected chi connectivity index (χ0v) is 7.30. The van der Waals surface area contributed by atoms with E-state index in [1.165, 1.54) is 31.3 Å². The number of hydrogen-bond acceptors (Lipinski definition) is 0. The maximum Gasteiger partial charge on any atom is 0.122 e. The molecule has 2 aliphatic carbocycles. The Labute approximate surface area is 73.2 Å². The lowest BCUT2D eigenvalue weighted by molar-refractivity contribution is 0.314. The van der Waals surface area contributed by atoms with Crippen LogP contribution >= 0.6 is 0 Å². The average Bonchev–Trinajstić information content (AvgIpc) is 2.00. The van der Waals surface area contributed by atoms with Gasteiger partial charge in [0.25, 0.3) is 0 Å². The van der Waals surface area contributed by atoms with Crippen molar-refractivity contribution in [2.45, 2.75) is 38.3 Å². The summed E-state index contributed by atoms with van der Waals surface area (Å²) in [7, 11) is 0. The molecular weight excluding hydrogens is 151 g/mol. The third-order valence-electron chi connectivity index (χ3n) is 2.87. The van der Waals surface area contributed by atoms with E-state index in [0.29, 0.717) is 6.42 Å². The van der Waals surface area contributed by atoms with Crippen LogP contribution in [0.2, 0.25) is 0 Å². The van der Waals surface area contributed by atoms with Gasteiger partial charge in [-0.05, 0) is 12.3 Å². The van der Waals surface area contributed by atoms with Crippen molar-refractivity contribution in [3.63, 3.8) is 0 Å². The lowest BCUT2D eigenvalue weighted by Crippen LogP contribution is -2.12. The monoisotopic (exact) mass is 166 g/mol. The van der Waals surface area contributed by atoms with Crippen LogP contribution in [0.1, 0.15) is 32.1 Å². The van der Waals surface area contributed by atoms with Gasteiger partial charge in [0.15, 0.2) is 0 Å².